The van der Waals surface area contributed by atoms with Crippen LogP contribution in [0.2, 0.25) is 0 Å². The Hall–Kier alpha value is -3.20. The van der Waals surface area contributed by atoms with Crippen LogP contribution in [-0.2, 0) is 19.5 Å². The number of ether oxygens (including phenoxy) is 1. The molecule has 2 heterocycles. The normalized spacial score (nSPS) is 13.6. The first-order valence-corrected chi connectivity index (χ1v) is 11.4. The minimum absolute atomic E-state index is 0.0634. The Morgan fingerprint density at radius 3 is 2.76 bits per heavy atom. The van der Waals surface area contributed by atoms with Crippen LogP contribution in [0, 0.1) is 0 Å². The molecule has 2 aromatic carbocycles. The number of aromatic amines is 1. The topological polar surface area (TPSA) is 81.7 Å². The van der Waals surface area contributed by atoms with Gasteiger partial charge in [0.25, 0.3) is 5.91 Å². The molecule has 1 aromatic heterocycles. The van der Waals surface area contributed by atoms with Crippen LogP contribution in [0.3, 0.4) is 0 Å². The van der Waals surface area contributed by atoms with Crippen molar-refractivity contribution in [1.82, 2.24) is 20.0 Å². The number of hydrogen-bond acceptors (Lipinski definition) is 5. The van der Waals surface area contributed by atoms with Gasteiger partial charge >= 0.3 is 0 Å². The lowest BCUT2D eigenvalue weighted by molar-refractivity contribution is 0.0131. The van der Waals surface area contributed by atoms with Crippen LogP contribution in [0.4, 0.5) is 8.78 Å². The van der Waals surface area contributed by atoms with E-state index in [-0.39, 0.29) is 30.1 Å². The number of fused-ring (bicyclic) bond motifs is 2. The zero-order chi connectivity index (χ0) is 24.5. The van der Waals surface area contributed by atoms with E-state index in [1.807, 2.05) is 25.2 Å². The molecular formula is C25H30F2N4O3. The summed E-state index contributed by atoms with van der Waals surface area (Å²) in [6, 6.07) is 8.79. The summed E-state index contributed by atoms with van der Waals surface area (Å²) in [5, 5.41) is 17.9. The number of aromatic hydroxyl groups is 1. The van der Waals surface area contributed by atoms with Crippen molar-refractivity contribution in [1.29, 1.82) is 0 Å². The van der Waals surface area contributed by atoms with Gasteiger partial charge < -0.3 is 19.6 Å². The molecule has 7 nitrogen and oxygen atoms in total. The molecule has 0 radical (unpaired) electrons. The number of carbonyl (C=O) groups is 1. The number of carbonyl (C=O) groups excluding carboxylic acids is 1. The molecule has 1 aliphatic heterocycles. The Balaban J connectivity index is 1.48. The second-order valence-electron chi connectivity index (χ2n) is 8.99. The maximum Gasteiger partial charge on any atom is 0.258 e. The molecule has 0 fully saturated rings. The maximum atomic E-state index is 13.3. The lowest BCUT2D eigenvalue weighted by Crippen LogP contribution is -2.25. The summed E-state index contributed by atoms with van der Waals surface area (Å²) in [6.45, 7) is 6.14. The van der Waals surface area contributed by atoms with Gasteiger partial charge in [0.2, 0.25) is 5.92 Å². The molecule has 0 bridgehead atoms. The number of phenols is 1. The Morgan fingerprint density at radius 1 is 1.26 bits per heavy atom. The van der Waals surface area contributed by atoms with Crippen molar-refractivity contribution in [3.63, 3.8) is 0 Å². The fourth-order valence-electron chi connectivity index (χ4n) is 4.06. The summed E-state index contributed by atoms with van der Waals surface area (Å²) in [7, 11) is 2.04. The molecule has 0 saturated carbocycles. The van der Waals surface area contributed by atoms with Gasteiger partial charge in [-0.05, 0) is 56.3 Å². The second kappa shape index (κ2) is 9.58. The average molecular weight is 473 g/mol. The van der Waals surface area contributed by atoms with Crippen LogP contribution in [0.1, 0.15) is 47.4 Å². The second-order valence-corrected chi connectivity index (χ2v) is 8.99. The van der Waals surface area contributed by atoms with Crippen LogP contribution >= 0.6 is 0 Å². The molecule has 2 N–H and O–H groups in total. The Bertz CT molecular complexity index is 1190. The van der Waals surface area contributed by atoms with Crippen molar-refractivity contribution >= 4 is 16.8 Å². The van der Waals surface area contributed by atoms with E-state index in [9.17, 15) is 18.7 Å². The first-order valence-electron chi connectivity index (χ1n) is 11.4. The number of halogens is 2. The summed E-state index contributed by atoms with van der Waals surface area (Å²) in [5.41, 5.74) is 3.12. The highest BCUT2D eigenvalue weighted by Crippen LogP contribution is 2.32. The molecule has 4 rings (SSSR count). The van der Waals surface area contributed by atoms with E-state index in [1.54, 1.807) is 11.0 Å². The van der Waals surface area contributed by atoms with E-state index < -0.39 is 5.92 Å². The predicted octanol–water partition coefficient (Wildman–Crippen LogP) is 4.34. The number of aromatic nitrogens is 2. The van der Waals surface area contributed by atoms with Gasteiger partial charge in [0.05, 0.1) is 16.8 Å². The largest absolute Gasteiger partial charge is 0.507 e. The molecule has 0 atom stereocenters. The molecule has 0 spiro atoms. The van der Waals surface area contributed by atoms with Crippen molar-refractivity contribution in [2.75, 3.05) is 26.7 Å². The highest BCUT2D eigenvalue weighted by Gasteiger charge is 2.28. The lowest BCUT2D eigenvalue weighted by Gasteiger charge is -2.16. The third kappa shape index (κ3) is 5.30. The highest BCUT2D eigenvalue weighted by molar-refractivity contribution is 6.01. The summed E-state index contributed by atoms with van der Waals surface area (Å²) in [5.74, 6) is -2.54. The fourth-order valence-corrected chi connectivity index (χ4v) is 4.06. The smallest absolute Gasteiger partial charge is 0.258 e. The Morgan fingerprint density at radius 2 is 2.03 bits per heavy atom. The molecule has 0 saturated heterocycles. The van der Waals surface area contributed by atoms with Crippen molar-refractivity contribution < 1.29 is 23.4 Å². The third-order valence-corrected chi connectivity index (χ3v) is 6.26. The van der Waals surface area contributed by atoms with Gasteiger partial charge in [-0.2, -0.15) is 5.10 Å². The van der Waals surface area contributed by atoms with E-state index in [1.165, 1.54) is 6.07 Å². The minimum Gasteiger partial charge on any atom is -0.507 e. The molecule has 182 valence electrons. The van der Waals surface area contributed by atoms with Gasteiger partial charge in [0.15, 0.2) is 0 Å². The number of likely N-dealkylation sites (N-methyl/N-ethyl adjacent to an activating group) is 1. The number of hydrogen-bond donors (Lipinski definition) is 2. The van der Waals surface area contributed by atoms with E-state index in [4.69, 9.17) is 4.74 Å². The van der Waals surface area contributed by atoms with Gasteiger partial charge in [-0.15, -0.1) is 0 Å². The van der Waals surface area contributed by atoms with E-state index in [0.717, 1.165) is 36.9 Å². The number of benzene rings is 2. The Labute approximate surface area is 197 Å². The van der Waals surface area contributed by atoms with Crippen molar-refractivity contribution in [2.45, 2.75) is 45.7 Å². The van der Waals surface area contributed by atoms with Crippen LogP contribution in [-0.4, -0.2) is 63.7 Å². The Kier molecular flexibility index (Phi) is 6.74. The van der Waals surface area contributed by atoms with Crippen LogP contribution in [0.15, 0.2) is 30.3 Å². The standard InChI is InChI=1S/C25H30F2N4O3/c1-4-30(3)9-10-34-18-6-5-16-14-31(15-17(16)11-18)24(33)20-12-19-21(7-8-25(2,26)27)28-29-22(19)13-23(20)32/h5-6,11-13,32H,4,7-10,14-15H2,1-3H3,(H,28,29). The summed E-state index contributed by atoms with van der Waals surface area (Å²) >= 11 is 0. The number of H-pyrrole nitrogens is 1. The first kappa shape index (κ1) is 23.9. The highest BCUT2D eigenvalue weighted by atomic mass is 19.3. The summed E-state index contributed by atoms with van der Waals surface area (Å²) in [4.78, 5) is 17.1. The molecule has 0 unspecified atom stereocenters. The SMILES string of the molecule is CCN(C)CCOc1ccc2c(c1)CN(C(=O)c1cc3c(CCC(C)(F)F)n[nH]c3cc1O)C2. The number of aryl methyl sites for hydroxylation is 1. The summed E-state index contributed by atoms with van der Waals surface area (Å²) in [6.07, 6.45) is -0.286. The van der Waals surface area contributed by atoms with Crippen LogP contribution in [0.25, 0.3) is 10.9 Å². The number of phenolic OH excluding ortho intramolecular Hbond substituents is 1. The van der Waals surface area contributed by atoms with Crippen LogP contribution in [0.5, 0.6) is 11.5 Å². The minimum atomic E-state index is -2.81. The number of amides is 1. The average Bonchev–Trinajstić information content (AvgIpc) is 3.39. The molecule has 0 aliphatic carbocycles. The number of nitrogens with one attached hydrogen (secondary N) is 1. The van der Waals surface area contributed by atoms with E-state index in [0.29, 0.717) is 36.3 Å². The summed E-state index contributed by atoms with van der Waals surface area (Å²) < 4.78 is 32.5. The predicted molar refractivity (Wildman–Crippen MR) is 125 cm³/mol. The number of nitrogens with zero attached hydrogens (tertiary/aromatic N) is 3. The molecule has 34 heavy (non-hydrogen) atoms. The zero-order valence-corrected chi connectivity index (χ0v) is 19.7. The number of rotatable bonds is 9. The monoisotopic (exact) mass is 472 g/mol. The van der Waals surface area contributed by atoms with Gasteiger partial charge in [0, 0.05) is 37.5 Å². The quantitative estimate of drug-likeness (QED) is 0.484. The zero-order valence-electron chi connectivity index (χ0n) is 19.7. The lowest BCUT2D eigenvalue weighted by atomic mass is 10.0. The molecule has 1 amide bonds. The van der Waals surface area contributed by atoms with Gasteiger partial charge in [-0.25, -0.2) is 8.78 Å². The molecule has 9 heteroatoms. The van der Waals surface area contributed by atoms with E-state index in [2.05, 4.69) is 22.0 Å². The number of alkyl halides is 2. The third-order valence-electron chi connectivity index (χ3n) is 6.26. The molecular weight excluding hydrogens is 442 g/mol. The van der Waals surface area contributed by atoms with Crippen molar-refractivity contribution in [2.24, 2.45) is 0 Å². The van der Waals surface area contributed by atoms with Gasteiger partial charge in [-0.3, -0.25) is 9.89 Å². The molecule has 3 aromatic rings. The fraction of sp³-hybridized carbons (Fsp3) is 0.440. The van der Waals surface area contributed by atoms with Gasteiger partial charge in [0.1, 0.15) is 18.1 Å². The van der Waals surface area contributed by atoms with Crippen molar-refractivity contribution in [3.8, 4) is 11.5 Å². The van der Waals surface area contributed by atoms with Crippen molar-refractivity contribution in [3.05, 3.63) is 52.7 Å². The first-order chi connectivity index (χ1) is 16.1. The molecule has 1 aliphatic rings. The van der Waals surface area contributed by atoms with Crippen LogP contribution < -0.4 is 4.74 Å². The van der Waals surface area contributed by atoms with Gasteiger partial charge in [-0.1, -0.05) is 13.0 Å². The maximum absolute atomic E-state index is 13.3. The van der Waals surface area contributed by atoms with E-state index >= 15 is 0 Å².